The molecule has 116 valence electrons. The maximum atomic E-state index is 8.68. The first kappa shape index (κ1) is 16.3. The standard InChI is InChI=1S/C20H25NO/c1-17(21-22)7-5-10-19-13-15-20(16-14-19)12-6-11-18-8-3-2-4-9-18/h2-4,8-9,13-16,21-22H,1,5-7,10-12H2. The van der Waals surface area contributed by atoms with Gasteiger partial charge in [-0.15, -0.1) is 0 Å². The molecule has 0 saturated heterocycles. The molecule has 0 fully saturated rings. The van der Waals surface area contributed by atoms with Crippen molar-refractivity contribution in [1.82, 2.24) is 5.48 Å². The Morgan fingerprint density at radius 1 is 0.773 bits per heavy atom. The first-order chi connectivity index (χ1) is 10.8. The van der Waals surface area contributed by atoms with Crippen LogP contribution in [-0.4, -0.2) is 5.21 Å². The Kier molecular flexibility index (Phi) is 6.72. The number of nitrogens with one attached hydrogen (secondary N) is 1. The molecule has 0 aliphatic rings. The number of benzene rings is 2. The zero-order valence-electron chi connectivity index (χ0n) is 13.1. The average molecular weight is 295 g/mol. The second-order valence-electron chi connectivity index (χ2n) is 5.72. The Bertz CT molecular complexity index is 560. The maximum Gasteiger partial charge on any atom is 0.0304 e. The van der Waals surface area contributed by atoms with Crippen molar-refractivity contribution < 1.29 is 5.21 Å². The van der Waals surface area contributed by atoms with E-state index in [1.807, 2.05) is 0 Å². The van der Waals surface area contributed by atoms with Crippen molar-refractivity contribution in [2.24, 2.45) is 0 Å². The van der Waals surface area contributed by atoms with Gasteiger partial charge in [0.25, 0.3) is 0 Å². The lowest BCUT2D eigenvalue weighted by Crippen LogP contribution is -2.05. The first-order valence-electron chi connectivity index (χ1n) is 7.97. The van der Waals surface area contributed by atoms with E-state index >= 15 is 0 Å². The summed E-state index contributed by atoms with van der Waals surface area (Å²) < 4.78 is 0. The Morgan fingerprint density at radius 2 is 1.27 bits per heavy atom. The normalized spacial score (nSPS) is 10.4. The van der Waals surface area contributed by atoms with Crippen LogP contribution in [0.15, 0.2) is 66.9 Å². The van der Waals surface area contributed by atoms with Gasteiger partial charge in [-0.05, 0) is 55.2 Å². The SMILES string of the molecule is C=C(CCCc1ccc(CCCc2ccccc2)cc1)NO. The summed E-state index contributed by atoms with van der Waals surface area (Å²) in [6, 6.07) is 19.6. The molecular formula is C20H25NO. The minimum absolute atomic E-state index is 0.678. The van der Waals surface area contributed by atoms with Crippen molar-refractivity contribution in [1.29, 1.82) is 0 Å². The van der Waals surface area contributed by atoms with E-state index in [0.717, 1.165) is 32.1 Å². The Labute approximate surface area is 133 Å². The van der Waals surface area contributed by atoms with Crippen LogP contribution in [0.5, 0.6) is 0 Å². The molecule has 0 heterocycles. The monoisotopic (exact) mass is 295 g/mol. The smallest absolute Gasteiger partial charge is 0.0304 e. The molecule has 2 aromatic rings. The van der Waals surface area contributed by atoms with Gasteiger partial charge in [0, 0.05) is 5.70 Å². The molecule has 2 N–H and O–H groups in total. The van der Waals surface area contributed by atoms with Crippen LogP contribution >= 0.6 is 0 Å². The van der Waals surface area contributed by atoms with Crippen LogP contribution < -0.4 is 5.48 Å². The minimum atomic E-state index is 0.678. The Balaban J connectivity index is 1.71. The van der Waals surface area contributed by atoms with Crippen LogP contribution in [0.2, 0.25) is 0 Å². The van der Waals surface area contributed by atoms with E-state index in [1.165, 1.54) is 23.1 Å². The van der Waals surface area contributed by atoms with Crippen LogP contribution in [0.3, 0.4) is 0 Å². The quantitative estimate of drug-likeness (QED) is 0.658. The van der Waals surface area contributed by atoms with Gasteiger partial charge in [-0.2, -0.15) is 0 Å². The number of hydrogen-bond donors (Lipinski definition) is 2. The summed E-state index contributed by atoms with van der Waals surface area (Å²) in [5.74, 6) is 0. The Morgan fingerprint density at radius 3 is 1.82 bits per heavy atom. The fourth-order valence-electron chi connectivity index (χ4n) is 2.58. The van der Waals surface area contributed by atoms with Gasteiger partial charge in [0.1, 0.15) is 0 Å². The number of allylic oxidation sites excluding steroid dienone is 1. The van der Waals surface area contributed by atoms with Gasteiger partial charge < -0.3 is 0 Å². The lowest BCUT2D eigenvalue weighted by molar-refractivity contribution is 0.196. The van der Waals surface area contributed by atoms with E-state index < -0.39 is 0 Å². The molecule has 2 heteroatoms. The average Bonchev–Trinajstić information content (AvgIpc) is 2.57. The zero-order valence-corrected chi connectivity index (χ0v) is 13.1. The van der Waals surface area contributed by atoms with Gasteiger partial charge in [-0.25, -0.2) is 0 Å². The number of hydroxylamine groups is 1. The van der Waals surface area contributed by atoms with E-state index in [2.05, 4.69) is 66.7 Å². The molecule has 2 aromatic carbocycles. The highest BCUT2D eigenvalue weighted by molar-refractivity contribution is 5.23. The molecular weight excluding hydrogens is 270 g/mol. The number of aryl methyl sites for hydroxylation is 3. The van der Waals surface area contributed by atoms with Gasteiger partial charge in [0.15, 0.2) is 0 Å². The molecule has 0 bridgehead atoms. The summed E-state index contributed by atoms with van der Waals surface area (Å²) in [5.41, 5.74) is 6.94. The van der Waals surface area contributed by atoms with Crippen molar-refractivity contribution in [3.05, 3.63) is 83.6 Å². The predicted octanol–water partition coefficient (Wildman–Crippen LogP) is 4.68. The highest BCUT2D eigenvalue weighted by Crippen LogP contribution is 2.12. The molecule has 0 radical (unpaired) electrons. The van der Waals surface area contributed by atoms with Gasteiger partial charge in [0.05, 0.1) is 0 Å². The zero-order chi connectivity index (χ0) is 15.6. The molecule has 0 unspecified atom stereocenters. The van der Waals surface area contributed by atoms with Crippen molar-refractivity contribution in [2.45, 2.75) is 38.5 Å². The fourth-order valence-corrected chi connectivity index (χ4v) is 2.58. The van der Waals surface area contributed by atoms with E-state index in [4.69, 9.17) is 5.21 Å². The second-order valence-corrected chi connectivity index (χ2v) is 5.72. The lowest BCUT2D eigenvalue weighted by Gasteiger charge is -2.06. The van der Waals surface area contributed by atoms with Crippen LogP contribution in [0, 0.1) is 0 Å². The van der Waals surface area contributed by atoms with Crippen molar-refractivity contribution >= 4 is 0 Å². The molecule has 0 spiro atoms. The van der Waals surface area contributed by atoms with Gasteiger partial charge >= 0.3 is 0 Å². The third-order valence-electron chi connectivity index (χ3n) is 3.90. The first-order valence-corrected chi connectivity index (χ1v) is 7.97. The molecule has 0 saturated carbocycles. The summed E-state index contributed by atoms with van der Waals surface area (Å²) in [5, 5.41) is 8.68. The highest BCUT2D eigenvalue weighted by Gasteiger charge is 1.98. The van der Waals surface area contributed by atoms with Crippen molar-refractivity contribution in [3.63, 3.8) is 0 Å². The predicted molar refractivity (Wildman–Crippen MR) is 91.9 cm³/mol. The molecule has 0 atom stereocenters. The lowest BCUT2D eigenvalue weighted by atomic mass is 10.0. The fraction of sp³-hybridized carbons (Fsp3) is 0.300. The topological polar surface area (TPSA) is 32.3 Å². The summed E-state index contributed by atoms with van der Waals surface area (Å²) in [6.45, 7) is 3.72. The summed E-state index contributed by atoms with van der Waals surface area (Å²) in [4.78, 5) is 0. The molecule has 2 nitrogen and oxygen atoms in total. The Hall–Kier alpha value is -2.06. The second kappa shape index (κ2) is 9.06. The number of hydrogen-bond acceptors (Lipinski definition) is 2. The van der Waals surface area contributed by atoms with Crippen LogP contribution in [0.25, 0.3) is 0 Å². The highest BCUT2D eigenvalue weighted by atomic mass is 16.5. The van der Waals surface area contributed by atoms with Crippen LogP contribution in [0.1, 0.15) is 36.0 Å². The molecule has 0 aliphatic carbocycles. The molecule has 0 aliphatic heterocycles. The van der Waals surface area contributed by atoms with Gasteiger partial charge in [0.2, 0.25) is 0 Å². The number of rotatable bonds is 9. The molecule has 0 aromatic heterocycles. The molecule has 2 rings (SSSR count). The van der Waals surface area contributed by atoms with E-state index in [1.54, 1.807) is 0 Å². The summed E-state index contributed by atoms with van der Waals surface area (Å²) >= 11 is 0. The van der Waals surface area contributed by atoms with E-state index in [-0.39, 0.29) is 0 Å². The van der Waals surface area contributed by atoms with Crippen LogP contribution in [0.4, 0.5) is 0 Å². The van der Waals surface area contributed by atoms with Crippen molar-refractivity contribution in [2.75, 3.05) is 0 Å². The third kappa shape index (κ3) is 5.74. The molecule has 0 amide bonds. The van der Waals surface area contributed by atoms with Gasteiger partial charge in [-0.1, -0.05) is 61.2 Å². The summed E-state index contributed by atoms with van der Waals surface area (Å²) in [6.07, 6.45) is 6.27. The summed E-state index contributed by atoms with van der Waals surface area (Å²) in [7, 11) is 0. The van der Waals surface area contributed by atoms with Crippen LogP contribution in [-0.2, 0) is 19.3 Å². The minimum Gasteiger partial charge on any atom is -0.291 e. The van der Waals surface area contributed by atoms with Crippen molar-refractivity contribution in [3.8, 4) is 0 Å². The molecule has 22 heavy (non-hydrogen) atoms. The van der Waals surface area contributed by atoms with E-state index in [9.17, 15) is 0 Å². The van der Waals surface area contributed by atoms with Gasteiger partial charge in [-0.3, -0.25) is 10.7 Å². The maximum absolute atomic E-state index is 8.68. The largest absolute Gasteiger partial charge is 0.291 e. The van der Waals surface area contributed by atoms with E-state index in [0.29, 0.717) is 5.70 Å². The third-order valence-corrected chi connectivity index (χ3v) is 3.90.